The Morgan fingerprint density at radius 2 is 2.17 bits per heavy atom. The minimum Gasteiger partial charge on any atom is -0.388 e. The van der Waals surface area contributed by atoms with Crippen LogP contribution in [0.1, 0.15) is 23.2 Å². The minimum absolute atomic E-state index is 0.189. The Balaban J connectivity index is 1.91. The Morgan fingerprint density at radius 1 is 1.44 bits per heavy atom. The molecule has 3 N–H and O–H groups in total. The number of hydrogen-bond donors (Lipinski definition) is 3. The number of H-pyrrole nitrogens is 1. The average Bonchev–Trinajstić information content (AvgIpc) is 2.38. The van der Waals surface area contributed by atoms with Crippen LogP contribution >= 0.6 is 0 Å². The van der Waals surface area contributed by atoms with E-state index in [4.69, 9.17) is 4.74 Å². The number of aliphatic hydroxyl groups is 1. The molecule has 1 amide bonds. The van der Waals surface area contributed by atoms with Crippen LogP contribution in [0.25, 0.3) is 0 Å². The number of nitrogens with one attached hydrogen (secondary N) is 2. The molecule has 2 heterocycles. The summed E-state index contributed by atoms with van der Waals surface area (Å²) in [7, 11) is 0. The third kappa shape index (κ3) is 3.18. The number of amides is 1. The molecule has 0 aliphatic carbocycles. The van der Waals surface area contributed by atoms with Crippen LogP contribution in [-0.2, 0) is 4.74 Å². The zero-order chi connectivity index (χ0) is 13.0. The third-order valence-corrected chi connectivity index (χ3v) is 3.05. The SMILES string of the molecule is O=C(NCC1(O)CCOCC1)c1ccc(=O)[nH]c1. The standard InChI is InChI=1S/C12H16N2O4/c15-10-2-1-9(7-13-10)11(16)14-8-12(17)3-5-18-6-4-12/h1-2,7,17H,3-6,8H2,(H,13,15)(H,14,16). The second-order valence-electron chi connectivity index (χ2n) is 4.46. The second kappa shape index (κ2) is 5.32. The van der Waals surface area contributed by atoms with E-state index < -0.39 is 5.60 Å². The monoisotopic (exact) mass is 252 g/mol. The number of carbonyl (C=O) groups is 1. The van der Waals surface area contributed by atoms with E-state index in [1.807, 2.05) is 0 Å². The lowest BCUT2D eigenvalue weighted by Gasteiger charge is -2.32. The molecule has 6 nitrogen and oxygen atoms in total. The highest BCUT2D eigenvalue weighted by Crippen LogP contribution is 2.19. The van der Waals surface area contributed by atoms with Gasteiger partial charge >= 0.3 is 0 Å². The van der Waals surface area contributed by atoms with Gasteiger partial charge in [0.05, 0.1) is 11.2 Å². The van der Waals surface area contributed by atoms with E-state index in [2.05, 4.69) is 10.3 Å². The number of rotatable bonds is 3. The van der Waals surface area contributed by atoms with Crippen molar-refractivity contribution in [1.29, 1.82) is 0 Å². The molecular formula is C12H16N2O4. The molecule has 1 saturated heterocycles. The maximum absolute atomic E-state index is 11.8. The normalized spacial score (nSPS) is 18.3. The molecule has 0 bridgehead atoms. The number of ether oxygens (including phenoxy) is 1. The number of hydrogen-bond acceptors (Lipinski definition) is 4. The van der Waals surface area contributed by atoms with E-state index in [1.165, 1.54) is 18.3 Å². The summed E-state index contributed by atoms with van der Waals surface area (Å²) >= 11 is 0. The van der Waals surface area contributed by atoms with Crippen molar-refractivity contribution in [2.24, 2.45) is 0 Å². The number of aromatic amines is 1. The van der Waals surface area contributed by atoms with Crippen LogP contribution in [0.15, 0.2) is 23.1 Å². The first-order valence-corrected chi connectivity index (χ1v) is 5.86. The molecule has 1 aliphatic heterocycles. The van der Waals surface area contributed by atoms with Gasteiger partial charge in [-0.2, -0.15) is 0 Å². The molecule has 6 heteroatoms. The van der Waals surface area contributed by atoms with Crippen LogP contribution in [0, 0.1) is 0 Å². The van der Waals surface area contributed by atoms with Gasteiger partial charge in [-0.05, 0) is 6.07 Å². The van der Waals surface area contributed by atoms with E-state index >= 15 is 0 Å². The van der Waals surface area contributed by atoms with E-state index in [0.29, 0.717) is 31.6 Å². The Morgan fingerprint density at radius 3 is 2.78 bits per heavy atom. The van der Waals surface area contributed by atoms with Gasteiger partial charge in [-0.1, -0.05) is 0 Å². The lowest BCUT2D eigenvalue weighted by molar-refractivity contribution is -0.0605. The van der Waals surface area contributed by atoms with Gasteiger partial charge in [0.15, 0.2) is 0 Å². The Hall–Kier alpha value is -1.66. The highest BCUT2D eigenvalue weighted by atomic mass is 16.5. The van der Waals surface area contributed by atoms with Gasteiger partial charge in [-0.25, -0.2) is 0 Å². The Bertz CT molecular complexity index is 457. The van der Waals surface area contributed by atoms with E-state index in [0.717, 1.165) is 0 Å². The highest BCUT2D eigenvalue weighted by molar-refractivity contribution is 5.93. The maximum Gasteiger partial charge on any atom is 0.252 e. The van der Waals surface area contributed by atoms with Crippen LogP contribution in [0.4, 0.5) is 0 Å². The quantitative estimate of drug-likeness (QED) is 0.685. The van der Waals surface area contributed by atoms with Crippen molar-refractivity contribution in [2.45, 2.75) is 18.4 Å². The summed E-state index contributed by atoms with van der Waals surface area (Å²) in [4.78, 5) is 25.1. The van der Waals surface area contributed by atoms with Crippen molar-refractivity contribution in [1.82, 2.24) is 10.3 Å². The summed E-state index contributed by atoms with van der Waals surface area (Å²) in [5.74, 6) is -0.314. The molecule has 1 aromatic heterocycles. The summed E-state index contributed by atoms with van der Waals surface area (Å²) in [5.41, 5.74) is -0.782. The summed E-state index contributed by atoms with van der Waals surface area (Å²) in [6, 6.07) is 2.74. The zero-order valence-electron chi connectivity index (χ0n) is 9.94. The van der Waals surface area contributed by atoms with Crippen molar-refractivity contribution in [3.05, 3.63) is 34.2 Å². The second-order valence-corrected chi connectivity index (χ2v) is 4.46. The zero-order valence-corrected chi connectivity index (χ0v) is 9.94. The molecule has 0 aromatic carbocycles. The highest BCUT2D eigenvalue weighted by Gasteiger charge is 2.30. The largest absolute Gasteiger partial charge is 0.388 e. The van der Waals surface area contributed by atoms with E-state index in [-0.39, 0.29) is 18.0 Å². The lowest BCUT2D eigenvalue weighted by atomic mass is 9.94. The molecule has 1 aliphatic rings. The van der Waals surface area contributed by atoms with Gasteiger partial charge in [0.1, 0.15) is 0 Å². The molecule has 1 fully saturated rings. The van der Waals surface area contributed by atoms with Gasteiger partial charge in [0, 0.05) is 44.9 Å². The Kier molecular flexibility index (Phi) is 3.78. The van der Waals surface area contributed by atoms with Crippen molar-refractivity contribution in [3.8, 4) is 0 Å². The Labute approximate surface area is 104 Å². The third-order valence-electron chi connectivity index (χ3n) is 3.05. The van der Waals surface area contributed by atoms with Gasteiger partial charge in [0.25, 0.3) is 5.91 Å². The summed E-state index contributed by atoms with van der Waals surface area (Å²) in [5, 5.41) is 12.8. The first-order chi connectivity index (χ1) is 8.59. The molecule has 0 radical (unpaired) electrons. The average molecular weight is 252 g/mol. The lowest BCUT2D eigenvalue weighted by Crippen LogP contribution is -2.46. The fourth-order valence-electron chi connectivity index (χ4n) is 1.83. The molecule has 18 heavy (non-hydrogen) atoms. The van der Waals surface area contributed by atoms with Crippen LogP contribution in [0.3, 0.4) is 0 Å². The first-order valence-electron chi connectivity index (χ1n) is 5.86. The maximum atomic E-state index is 11.8. The number of pyridine rings is 1. The van der Waals surface area contributed by atoms with E-state index in [1.54, 1.807) is 0 Å². The number of carbonyl (C=O) groups excluding carboxylic acids is 1. The van der Waals surface area contributed by atoms with Gasteiger partial charge in [0.2, 0.25) is 5.56 Å². The summed E-state index contributed by atoms with van der Waals surface area (Å²) < 4.78 is 5.16. The molecule has 1 aromatic rings. The smallest absolute Gasteiger partial charge is 0.252 e. The van der Waals surface area contributed by atoms with Crippen LogP contribution in [0.2, 0.25) is 0 Å². The van der Waals surface area contributed by atoms with Crippen molar-refractivity contribution < 1.29 is 14.6 Å². The van der Waals surface area contributed by atoms with E-state index in [9.17, 15) is 14.7 Å². The minimum atomic E-state index is -0.893. The molecule has 98 valence electrons. The predicted molar refractivity (Wildman–Crippen MR) is 64.4 cm³/mol. The molecule has 0 atom stereocenters. The van der Waals surface area contributed by atoms with Crippen LogP contribution < -0.4 is 10.9 Å². The van der Waals surface area contributed by atoms with Crippen molar-refractivity contribution in [2.75, 3.05) is 19.8 Å². The first kappa shape index (κ1) is 12.8. The van der Waals surface area contributed by atoms with Gasteiger partial charge < -0.3 is 20.1 Å². The van der Waals surface area contributed by atoms with Crippen LogP contribution in [0.5, 0.6) is 0 Å². The van der Waals surface area contributed by atoms with Gasteiger partial charge in [-0.15, -0.1) is 0 Å². The summed E-state index contributed by atoms with van der Waals surface area (Å²) in [6.07, 6.45) is 2.38. The van der Waals surface area contributed by atoms with Crippen molar-refractivity contribution in [3.63, 3.8) is 0 Å². The predicted octanol–water partition coefficient (Wildman–Crippen LogP) is -0.354. The molecule has 0 unspecified atom stereocenters. The topological polar surface area (TPSA) is 91.4 Å². The van der Waals surface area contributed by atoms with Crippen molar-refractivity contribution >= 4 is 5.91 Å². The van der Waals surface area contributed by atoms with Gasteiger partial charge in [-0.3, -0.25) is 9.59 Å². The van der Waals surface area contributed by atoms with Crippen LogP contribution in [-0.4, -0.2) is 41.4 Å². The molecule has 0 saturated carbocycles. The molecule has 0 spiro atoms. The fourth-order valence-corrected chi connectivity index (χ4v) is 1.83. The molecule has 2 rings (SSSR count). The molecular weight excluding hydrogens is 236 g/mol. The fraction of sp³-hybridized carbons (Fsp3) is 0.500. The number of aromatic nitrogens is 1. The summed E-state index contributed by atoms with van der Waals surface area (Å²) in [6.45, 7) is 1.20.